The number of benzene rings is 1. The van der Waals surface area contributed by atoms with Crippen molar-refractivity contribution in [1.29, 1.82) is 0 Å². The number of carbonyl (C=O) groups is 3. The summed E-state index contributed by atoms with van der Waals surface area (Å²) in [6, 6.07) is 3.98. The van der Waals surface area contributed by atoms with Crippen LogP contribution in [0.2, 0.25) is 0 Å². The van der Waals surface area contributed by atoms with Gasteiger partial charge >= 0.3 is 5.97 Å². The molecule has 30 heavy (non-hydrogen) atoms. The van der Waals surface area contributed by atoms with Crippen molar-refractivity contribution < 1.29 is 28.6 Å². The molecule has 1 fully saturated rings. The summed E-state index contributed by atoms with van der Waals surface area (Å²) < 4.78 is 16.0. The van der Waals surface area contributed by atoms with Crippen LogP contribution in [0.15, 0.2) is 22.7 Å². The lowest BCUT2D eigenvalue weighted by Crippen LogP contribution is -2.60. The topological polar surface area (TPSA) is 106 Å². The molecular formula is C19H24BrN3O6S. The normalized spacial score (nSPS) is 15.9. The second-order valence-electron chi connectivity index (χ2n) is 6.23. The first-order valence-corrected chi connectivity index (χ1v) is 10.5. The summed E-state index contributed by atoms with van der Waals surface area (Å²) in [6.07, 6.45) is -0.192. The number of piperazine rings is 1. The van der Waals surface area contributed by atoms with Crippen molar-refractivity contribution in [1.82, 2.24) is 15.5 Å². The summed E-state index contributed by atoms with van der Waals surface area (Å²) in [5.41, 5.74) is 0.360. The Hall–Kier alpha value is -2.24. The van der Waals surface area contributed by atoms with Crippen LogP contribution in [0.5, 0.6) is 5.75 Å². The van der Waals surface area contributed by atoms with Gasteiger partial charge in [0.15, 0.2) is 5.11 Å². The Labute approximate surface area is 188 Å². The number of carbonyl (C=O) groups excluding carboxylic acids is 3. The third kappa shape index (κ3) is 6.64. The van der Waals surface area contributed by atoms with E-state index >= 15 is 0 Å². The van der Waals surface area contributed by atoms with E-state index in [2.05, 4.69) is 26.6 Å². The van der Waals surface area contributed by atoms with Crippen LogP contribution in [0.3, 0.4) is 0 Å². The van der Waals surface area contributed by atoms with Gasteiger partial charge in [-0.25, -0.2) is 0 Å². The number of nitrogens with zero attached hydrogens (tertiary/aromatic N) is 1. The second kappa shape index (κ2) is 11.8. The van der Waals surface area contributed by atoms with Gasteiger partial charge in [0.05, 0.1) is 24.6 Å². The van der Waals surface area contributed by atoms with Crippen LogP contribution in [0.1, 0.15) is 23.7 Å². The SMILES string of the molecule is CCOCCOC(=O)CC1C(=O)NCCN1C(=S)NC(=O)c1ccc(OC)c(Br)c1. The average Bonchev–Trinajstić information content (AvgIpc) is 2.72. The van der Waals surface area contributed by atoms with E-state index in [9.17, 15) is 14.4 Å². The van der Waals surface area contributed by atoms with E-state index in [-0.39, 0.29) is 30.7 Å². The lowest BCUT2D eigenvalue weighted by Gasteiger charge is -2.36. The van der Waals surface area contributed by atoms with Gasteiger partial charge < -0.3 is 24.4 Å². The smallest absolute Gasteiger partial charge is 0.308 e. The standard InChI is InChI=1S/C19H24BrN3O6S/c1-3-28-8-9-29-16(24)11-14-18(26)21-6-7-23(14)19(30)22-17(25)12-4-5-15(27-2)13(20)10-12/h4-5,10,14H,3,6-9,11H2,1-2H3,(H,21,26)(H,22,25,30). The molecule has 0 saturated carbocycles. The summed E-state index contributed by atoms with van der Waals surface area (Å²) >= 11 is 8.67. The zero-order valence-electron chi connectivity index (χ0n) is 16.7. The number of thiocarbonyl (C=S) groups is 1. The summed E-state index contributed by atoms with van der Waals surface area (Å²) in [6.45, 7) is 3.46. The van der Waals surface area contributed by atoms with Gasteiger partial charge in [-0.15, -0.1) is 0 Å². The maximum atomic E-state index is 12.6. The molecule has 1 aromatic rings. The molecule has 2 amide bonds. The van der Waals surface area contributed by atoms with Crippen molar-refractivity contribution >= 4 is 51.0 Å². The first-order chi connectivity index (χ1) is 14.4. The number of hydrogen-bond donors (Lipinski definition) is 2. The number of esters is 1. The van der Waals surface area contributed by atoms with E-state index in [1.54, 1.807) is 18.2 Å². The molecule has 164 valence electrons. The molecule has 11 heteroatoms. The Balaban J connectivity index is 2.00. The highest BCUT2D eigenvalue weighted by atomic mass is 79.9. The van der Waals surface area contributed by atoms with Crippen molar-refractivity contribution in [3.63, 3.8) is 0 Å². The molecule has 0 spiro atoms. The summed E-state index contributed by atoms with van der Waals surface area (Å²) in [5, 5.41) is 5.38. The molecule has 1 heterocycles. The first kappa shape index (κ1) is 24.0. The summed E-state index contributed by atoms with van der Waals surface area (Å²) in [7, 11) is 1.53. The third-order valence-corrected chi connectivity index (χ3v) is 5.24. The zero-order chi connectivity index (χ0) is 22.1. The van der Waals surface area contributed by atoms with Gasteiger partial charge in [-0.05, 0) is 53.3 Å². The highest BCUT2D eigenvalue weighted by molar-refractivity contribution is 9.10. The van der Waals surface area contributed by atoms with Crippen molar-refractivity contribution in [2.24, 2.45) is 0 Å². The van der Waals surface area contributed by atoms with Crippen LogP contribution in [-0.4, -0.2) is 73.9 Å². The number of amides is 2. The number of halogens is 1. The molecule has 1 aliphatic rings. The largest absolute Gasteiger partial charge is 0.496 e. The van der Waals surface area contributed by atoms with Crippen molar-refractivity contribution in [3.05, 3.63) is 28.2 Å². The molecule has 9 nitrogen and oxygen atoms in total. The van der Waals surface area contributed by atoms with Gasteiger partial charge in [-0.3, -0.25) is 19.7 Å². The first-order valence-electron chi connectivity index (χ1n) is 9.34. The number of hydrogen-bond acceptors (Lipinski definition) is 7. The molecule has 1 saturated heterocycles. The van der Waals surface area contributed by atoms with Gasteiger partial charge in [0.2, 0.25) is 5.91 Å². The molecule has 0 aliphatic carbocycles. The predicted molar refractivity (Wildman–Crippen MR) is 116 cm³/mol. The lowest BCUT2D eigenvalue weighted by molar-refractivity contribution is -0.148. The molecule has 0 radical (unpaired) electrons. The maximum absolute atomic E-state index is 12.6. The number of ether oxygens (including phenoxy) is 3. The monoisotopic (exact) mass is 501 g/mol. The molecular weight excluding hydrogens is 478 g/mol. The molecule has 2 rings (SSSR count). The van der Waals surface area contributed by atoms with Crippen LogP contribution >= 0.6 is 28.1 Å². The maximum Gasteiger partial charge on any atom is 0.308 e. The summed E-state index contributed by atoms with van der Waals surface area (Å²) in [5.74, 6) is -0.751. The van der Waals surface area contributed by atoms with E-state index in [1.165, 1.54) is 12.0 Å². The second-order valence-corrected chi connectivity index (χ2v) is 7.47. The van der Waals surface area contributed by atoms with Crippen LogP contribution < -0.4 is 15.4 Å². The Bertz CT molecular complexity index is 806. The van der Waals surface area contributed by atoms with E-state index in [1.807, 2.05) is 6.92 Å². The molecule has 1 aliphatic heterocycles. The van der Waals surface area contributed by atoms with Gasteiger partial charge in [-0.1, -0.05) is 0 Å². The van der Waals surface area contributed by atoms with Gasteiger partial charge in [0.1, 0.15) is 18.4 Å². The van der Waals surface area contributed by atoms with Crippen LogP contribution in [0.4, 0.5) is 0 Å². The predicted octanol–water partition coefficient (Wildman–Crippen LogP) is 1.24. The minimum atomic E-state index is -0.867. The fourth-order valence-electron chi connectivity index (χ4n) is 2.78. The number of nitrogens with one attached hydrogen (secondary N) is 2. The van der Waals surface area contributed by atoms with Crippen LogP contribution in [0, 0.1) is 0 Å². The van der Waals surface area contributed by atoms with Crippen molar-refractivity contribution in [2.45, 2.75) is 19.4 Å². The van der Waals surface area contributed by atoms with Crippen LogP contribution in [-0.2, 0) is 19.1 Å². The van der Waals surface area contributed by atoms with E-state index < -0.39 is 17.9 Å². The van der Waals surface area contributed by atoms with E-state index in [0.717, 1.165) is 0 Å². The quantitative estimate of drug-likeness (QED) is 0.311. The van der Waals surface area contributed by atoms with Gasteiger partial charge in [0.25, 0.3) is 5.91 Å². The molecule has 0 bridgehead atoms. The lowest BCUT2D eigenvalue weighted by atomic mass is 10.1. The van der Waals surface area contributed by atoms with E-state index in [4.69, 9.17) is 26.4 Å². The molecule has 0 aromatic heterocycles. The highest BCUT2D eigenvalue weighted by Crippen LogP contribution is 2.25. The summed E-state index contributed by atoms with van der Waals surface area (Å²) in [4.78, 5) is 38.5. The molecule has 1 atom stereocenters. The number of methoxy groups -OCH3 is 1. The Morgan fingerprint density at radius 2 is 2.13 bits per heavy atom. The molecule has 1 unspecified atom stereocenters. The number of rotatable bonds is 8. The van der Waals surface area contributed by atoms with Gasteiger partial charge in [-0.2, -0.15) is 0 Å². The van der Waals surface area contributed by atoms with Crippen LogP contribution in [0.25, 0.3) is 0 Å². The van der Waals surface area contributed by atoms with Crippen molar-refractivity contribution in [3.8, 4) is 5.75 Å². The van der Waals surface area contributed by atoms with Gasteiger partial charge in [0, 0.05) is 25.3 Å². The Morgan fingerprint density at radius 1 is 1.37 bits per heavy atom. The third-order valence-electron chi connectivity index (χ3n) is 4.28. The van der Waals surface area contributed by atoms with Crippen molar-refractivity contribution in [2.75, 3.05) is 40.0 Å². The fourth-order valence-corrected chi connectivity index (χ4v) is 3.64. The Morgan fingerprint density at radius 3 is 2.80 bits per heavy atom. The fraction of sp³-hybridized carbons (Fsp3) is 0.474. The van der Waals surface area contributed by atoms with E-state index in [0.29, 0.717) is 35.5 Å². The molecule has 2 N–H and O–H groups in total. The minimum Gasteiger partial charge on any atom is -0.496 e. The highest BCUT2D eigenvalue weighted by Gasteiger charge is 2.34. The molecule has 1 aromatic carbocycles. The Kier molecular flexibility index (Phi) is 9.47. The minimum absolute atomic E-state index is 0.0638. The zero-order valence-corrected chi connectivity index (χ0v) is 19.1. The average molecular weight is 502 g/mol.